The summed E-state index contributed by atoms with van der Waals surface area (Å²) in [5.74, 6) is -1.82. The van der Waals surface area contributed by atoms with Gasteiger partial charge in [0.15, 0.2) is 0 Å². The number of sulfonamides is 1. The topological polar surface area (TPSA) is 46.2 Å². The van der Waals surface area contributed by atoms with Crippen molar-refractivity contribution < 1.29 is 17.2 Å². The average Bonchev–Trinajstić information content (AvgIpc) is 3.27. The molecule has 0 saturated heterocycles. The second kappa shape index (κ2) is 5.44. The SMILES string of the molecule is O=S(=O)(NCC1(c2ccccc2)CC1)c1cc(F)cc(F)c1. The Morgan fingerprint density at radius 3 is 2.14 bits per heavy atom. The van der Waals surface area contributed by atoms with Crippen molar-refractivity contribution in [2.45, 2.75) is 23.2 Å². The molecule has 0 atom stereocenters. The zero-order valence-electron chi connectivity index (χ0n) is 11.7. The van der Waals surface area contributed by atoms with Gasteiger partial charge in [-0.2, -0.15) is 0 Å². The Hall–Kier alpha value is -1.79. The first-order chi connectivity index (χ1) is 10.4. The van der Waals surface area contributed by atoms with E-state index in [0.717, 1.165) is 30.5 Å². The Labute approximate surface area is 128 Å². The molecule has 0 radical (unpaired) electrons. The van der Waals surface area contributed by atoms with Crippen LogP contribution in [0.1, 0.15) is 18.4 Å². The quantitative estimate of drug-likeness (QED) is 0.919. The van der Waals surface area contributed by atoms with Crippen LogP contribution in [0.3, 0.4) is 0 Å². The lowest BCUT2D eigenvalue weighted by atomic mass is 9.96. The molecule has 1 N–H and O–H groups in total. The highest BCUT2D eigenvalue weighted by Crippen LogP contribution is 2.47. The molecule has 3 rings (SSSR count). The molecule has 1 saturated carbocycles. The third kappa shape index (κ3) is 3.03. The first-order valence-electron chi connectivity index (χ1n) is 6.93. The molecule has 0 bridgehead atoms. The minimum atomic E-state index is -3.94. The highest BCUT2D eigenvalue weighted by molar-refractivity contribution is 7.89. The number of halogens is 2. The number of hydrogen-bond acceptors (Lipinski definition) is 2. The second-order valence-corrected chi connectivity index (χ2v) is 7.34. The molecule has 6 heteroatoms. The standard InChI is InChI=1S/C16H15F2NO2S/c17-13-8-14(18)10-15(9-13)22(20,21)19-11-16(6-7-16)12-4-2-1-3-5-12/h1-5,8-10,19H,6-7,11H2. The highest BCUT2D eigenvalue weighted by atomic mass is 32.2. The van der Waals surface area contributed by atoms with E-state index in [1.54, 1.807) is 0 Å². The van der Waals surface area contributed by atoms with Crippen LogP contribution in [0, 0.1) is 11.6 Å². The van der Waals surface area contributed by atoms with E-state index in [1.165, 1.54) is 0 Å². The summed E-state index contributed by atoms with van der Waals surface area (Å²) in [4.78, 5) is -0.395. The lowest BCUT2D eigenvalue weighted by molar-refractivity contribution is 0.554. The van der Waals surface area contributed by atoms with Crippen LogP contribution < -0.4 is 4.72 Å². The van der Waals surface area contributed by atoms with Crippen LogP contribution in [0.5, 0.6) is 0 Å². The minimum absolute atomic E-state index is 0.208. The predicted molar refractivity (Wildman–Crippen MR) is 78.9 cm³/mol. The maximum Gasteiger partial charge on any atom is 0.240 e. The van der Waals surface area contributed by atoms with Gasteiger partial charge in [0.2, 0.25) is 10.0 Å². The summed E-state index contributed by atoms with van der Waals surface area (Å²) in [7, 11) is -3.94. The van der Waals surface area contributed by atoms with Gasteiger partial charge in [-0.25, -0.2) is 21.9 Å². The molecule has 0 unspecified atom stereocenters. The summed E-state index contributed by atoms with van der Waals surface area (Å²) in [5, 5.41) is 0. The van der Waals surface area contributed by atoms with E-state index in [4.69, 9.17) is 0 Å². The van der Waals surface area contributed by atoms with Crippen molar-refractivity contribution in [1.82, 2.24) is 4.72 Å². The Morgan fingerprint density at radius 2 is 1.59 bits per heavy atom. The molecule has 22 heavy (non-hydrogen) atoms. The summed E-state index contributed by atoms with van der Waals surface area (Å²) in [6.45, 7) is 0.220. The Balaban J connectivity index is 1.78. The summed E-state index contributed by atoms with van der Waals surface area (Å²) < 4.78 is 53.2. The highest BCUT2D eigenvalue weighted by Gasteiger charge is 2.44. The molecule has 0 aliphatic heterocycles. The number of rotatable bonds is 5. The summed E-state index contributed by atoms with van der Waals surface area (Å²) >= 11 is 0. The molecule has 0 aromatic heterocycles. The van der Waals surface area contributed by atoms with Gasteiger partial charge < -0.3 is 0 Å². The number of benzene rings is 2. The van der Waals surface area contributed by atoms with Gasteiger partial charge in [0.05, 0.1) is 4.90 Å². The molecular formula is C16H15F2NO2S. The van der Waals surface area contributed by atoms with Crippen LogP contribution in [0.2, 0.25) is 0 Å². The first-order valence-corrected chi connectivity index (χ1v) is 8.41. The van der Waals surface area contributed by atoms with Crippen molar-refractivity contribution in [2.75, 3.05) is 6.54 Å². The molecule has 2 aromatic rings. The van der Waals surface area contributed by atoms with Gasteiger partial charge in [0.1, 0.15) is 11.6 Å². The molecule has 3 nitrogen and oxygen atoms in total. The van der Waals surface area contributed by atoms with Crippen LogP contribution >= 0.6 is 0 Å². The third-order valence-corrected chi connectivity index (χ3v) is 5.37. The van der Waals surface area contributed by atoms with Crippen LogP contribution in [0.4, 0.5) is 8.78 Å². The maximum absolute atomic E-state index is 13.2. The lowest BCUT2D eigenvalue weighted by Gasteiger charge is -2.16. The number of nitrogens with one attached hydrogen (secondary N) is 1. The summed E-state index contributed by atoms with van der Waals surface area (Å²) in [6.07, 6.45) is 1.77. The van der Waals surface area contributed by atoms with Crippen molar-refractivity contribution in [2.24, 2.45) is 0 Å². The van der Waals surface area contributed by atoms with E-state index < -0.39 is 26.6 Å². The summed E-state index contributed by atoms with van der Waals surface area (Å²) in [6, 6.07) is 11.9. The fraction of sp³-hybridized carbons (Fsp3) is 0.250. The monoisotopic (exact) mass is 323 g/mol. The van der Waals surface area contributed by atoms with Crippen molar-refractivity contribution in [3.8, 4) is 0 Å². The minimum Gasteiger partial charge on any atom is -0.210 e. The van der Waals surface area contributed by atoms with E-state index in [0.29, 0.717) is 6.07 Å². The van der Waals surface area contributed by atoms with Crippen molar-refractivity contribution in [1.29, 1.82) is 0 Å². The van der Waals surface area contributed by atoms with Gasteiger partial charge in [-0.1, -0.05) is 30.3 Å². The van der Waals surface area contributed by atoms with E-state index >= 15 is 0 Å². The van der Waals surface area contributed by atoms with Crippen LogP contribution in [-0.2, 0) is 15.4 Å². The maximum atomic E-state index is 13.2. The fourth-order valence-electron chi connectivity index (χ4n) is 2.51. The normalized spacial score (nSPS) is 16.5. The van der Waals surface area contributed by atoms with E-state index in [-0.39, 0.29) is 12.0 Å². The lowest BCUT2D eigenvalue weighted by Crippen LogP contribution is -2.32. The summed E-state index contributed by atoms with van der Waals surface area (Å²) in [5.41, 5.74) is 0.864. The molecule has 1 aliphatic carbocycles. The Bertz CT molecular complexity index is 767. The van der Waals surface area contributed by atoms with Crippen LogP contribution in [-0.4, -0.2) is 15.0 Å². The first kappa shape index (κ1) is 15.1. The average molecular weight is 323 g/mol. The van der Waals surface area contributed by atoms with Gasteiger partial charge in [-0.05, 0) is 30.5 Å². The molecule has 0 amide bonds. The zero-order valence-corrected chi connectivity index (χ0v) is 12.5. The molecule has 2 aromatic carbocycles. The molecule has 1 fully saturated rings. The fourth-order valence-corrected chi connectivity index (χ4v) is 3.68. The molecule has 0 heterocycles. The van der Waals surface area contributed by atoms with Gasteiger partial charge in [-0.15, -0.1) is 0 Å². The predicted octanol–water partition coefficient (Wildman–Crippen LogP) is 2.97. The largest absolute Gasteiger partial charge is 0.240 e. The zero-order chi connectivity index (χ0) is 15.8. The van der Waals surface area contributed by atoms with Crippen molar-refractivity contribution in [3.63, 3.8) is 0 Å². The van der Waals surface area contributed by atoms with Crippen molar-refractivity contribution >= 4 is 10.0 Å². The Morgan fingerprint density at radius 1 is 1.00 bits per heavy atom. The molecule has 0 spiro atoms. The number of hydrogen-bond donors (Lipinski definition) is 1. The van der Waals surface area contributed by atoms with E-state index in [9.17, 15) is 17.2 Å². The van der Waals surface area contributed by atoms with Gasteiger partial charge in [0.25, 0.3) is 0 Å². The molecular weight excluding hydrogens is 308 g/mol. The van der Waals surface area contributed by atoms with Gasteiger partial charge in [0, 0.05) is 18.0 Å². The van der Waals surface area contributed by atoms with Gasteiger partial charge in [-0.3, -0.25) is 0 Å². The smallest absolute Gasteiger partial charge is 0.210 e. The van der Waals surface area contributed by atoms with Gasteiger partial charge >= 0.3 is 0 Å². The second-order valence-electron chi connectivity index (χ2n) is 5.58. The van der Waals surface area contributed by atoms with Crippen LogP contribution in [0.15, 0.2) is 53.4 Å². The molecule has 1 aliphatic rings. The van der Waals surface area contributed by atoms with E-state index in [2.05, 4.69) is 4.72 Å². The third-order valence-electron chi connectivity index (χ3n) is 3.99. The van der Waals surface area contributed by atoms with Crippen molar-refractivity contribution in [3.05, 3.63) is 65.7 Å². The molecule has 116 valence electrons. The Kier molecular flexibility index (Phi) is 3.74. The van der Waals surface area contributed by atoms with E-state index in [1.807, 2.05) is 30.3 Å². The van der Waals surface area contributed by atoms with Crippen LogP contribution in [0.25, 0.3) is 0 Å².